The molecular formula is C20H31N5O. The van der Waals surface area contributed by atoms with Gasteiger partial charge in [-0.1, -0.05) is 0 Å². The summed E-state index contributed by atoms with van der Waals surface area (Å²) < 4.78 is 0. The molecule has 2 fully saturated rings. The van der Waals surface area contributed by atoms with Crippen molar-refractivity contribution in [3.05, 3.63) is 17.1 Å². The third-order valence-corrected chi connectivity index (χ3v) is 6.13. The van der Waals surface area contributed by atoms with E-state index in [1.165, 1.54) is 29.9 Å². The molecule has 1 aromatic heterocycles. The Kier molecular flexibility index (Phi) is 5.11. The number of aryl methyl sites for hydroxylation is 1. The monoisotopic (exact) mass is 357 g/mol. The first-order chi connectivity index (χ1) is 12.6. The van der Waals surface area contributed by atoms with Crippen LogP contribution in [-0.4, -0.2) is 72.0 Å². The minimum atomic E-state index is 0.344. The van der Waals surface area contributed by atoms with Crippen molar-refractivity contribution in [2.75, 3.05) is 51.2 Å². The number of rotatable bonds is 3. The lowest BCUT2D eigenvalue weighted by atomic mass is 9.96. The van der Waals surface area contributed by atoms with Gasteiger partial charge in [0.05, 0.1) is 5.69 Å². The van der Waals surface area contributed by atoms with Gasteiger partial charge in [-0.3, -0.25) is 4.79 Å². The molecule has 4 rings (SSSR count). The average Bonchev–Trinajstić information content (AvgIpc) is 2.93. The molecule has 0 aliphatic carbocycles. The molecule has 2 saturated heterocycles. The summed E-state index contributed by atoms with van der Waals surface area (Å²) in [6.07, 6.45) is 6.22. The highest BCUT2D eigenvalue weighted by atomic mass is 16.2. The van der Waals surface area contributed by atoms with Gasteiger partial charge in [0, 0.05) is 57.7 Å². The molecule has 26 heavy (non-hydrogen) atoms. The molecule has 4 heterocycles. The number of fused-ring (bicyclic) bond motifs is 1. The molecule has 6 heteroatoms. The smallest absolute Gasteiger partial charge is 0.222 e. The van der Waals surface area contributed by atoms with E-state index >= 15 is 0 Å². The number of likely N-dealkylation sites (tertiary alicyclic amines) is 1. The zero-order valence-corrected chi connectivity index (χ0v) is 16.2. The van der Waals surface area contributed by atoms with Gasteiger partial charge in [0.25, 0.3) is 0 Å². The van der Waals surface area contributed by atoms with Crippen molar-refractivity contribution in [1.82, 2.24) is 19.8 Å². The molecule has 3 aliphatic rings. The molecule has 0 radical (unpaired) electrons. The third-order valence-electron chi connectivity index (χ3n) is 6.13. The lowest BCUT2D eigenvalue weighted by molar-refractivity contribution is -0.128. The van der Waals surface area contributed by atoms with Crippen LogP contribution in [0.4, 0.5) is 5.82 Å². The molecule has 1 aromatic rings. The Hall–Kier alpha value is -1.69. The molecular weight excluding hydrogens is 326 g/mol. The van der Waals surface area contributed by atoms with Crippen LogP contribution < -0.4 is 4.90 Å². The van der Waals surface area contributed by atoms with Gasteiger partial charge in [-0.2, -0.15) is 0 Å². The summed E-state index contributed by atoms with van der Waals surface area (Å²) in [6, 6.07) is 0. The summed E-state index contributed by atoms with van der Waals surface area (Å²) in [4.78, 5) is 28.6. The van der Waals surface area contributed by atoms with E-state index in [9.17, 15) is 4.79 Å². The van der Waals surface area contributed by atoms with E-state index in [1.807, 2.05) is 6.92 Å². The molecule has 0 spiro atoms. The van der Waals surface area contributed by atoms with Crippen LogP contribution in [0.5, 0.6) is 0 Å². The molecule has 0 N–H and O–H groups in total. The number of anilines is 1. The first-order valence-electron chi connectivity index (χ1n) is 10.2. The first-order valence-corrected chi connectivity index (χ1v) is 10.2. The maximum Gasteiger partial charge on any atom is 0.222 e. The number of carbonyl (C=O) groups is 1. The fourth-order valence-electron chi connectivity index (χ4n) is 4.69. The molecule has 3 aliphatic heterocycles. The number of aromatic nitrogens is 2. The molecule has 1 amide bonds. The highest BCUT2D eigenvalue weighted by Gasteiger charge is 2.29. The highest BCUT2D eigenvalue weighted by Crippen LogP contribution is 2.29. The Labute approximate surface area is 156 Å². The van der Waals surface area contributed by atoms with Crippen LogP contribution in [-0.2, 0) is 17.6 Å². The summed E-state index contributed by atoms with van der Waals surface area (Å²) in [6.45, 7) is 8.12. The van der Waals surface area contributed by atoms with Crippen molar-refractivity contribution in [2.24, 2.45) is 5.92 Å². The van der Waals surface area contributed by atoms with E-state index in [4.69, 9.17) is 9.97 Å². The van der Waals surface area contributed by atoms with Crippen LogP contribution in [0.3, 0.4) is 0 Å². The number of nitrogens with zero attached hydrogens (tertiary/aromatic N) is 5. The Morgan fingerprint density at radius 2 is 1.88 bits per heavy atom. The first kappa shape index (κ1) is 17.7. The van der Waals surface area contributed by atoms with Gasteiger partial charge in [0.2, 0.25) is 5.91 Å². The molecule has 0 saturated carbocycles. The predicted octanol–water partition coefficient (Wildman–Crippen LogP) is 1.65. The van der Waals surface area contributed by atoms with E-state index in [-0.39, 0.29) is 0 Å². The summed E-state index contributed by atoms with van der Waals surface area (Å²) in [5, 5.41) is 0. The lowest BCUT2D eigenvalue weighted by Gasteiger charge is -2.36. The van der Waals surface area contributed by atoms with Gasteiger partial charge >= 0.3 is 0 Å². The highest BCUT2D eigenvalue weighted by molar-refractivity contribution is 5.78. The zero-order chi connectivity index (χ0) is 18.1. The number of piperidine rings is 1. The summed E-state index contributed by atoms with van der Waals surface area (Å²) >= 11 is 0. The molecule has 1 atom stereocenters. The van der Waals surface area contributed by atoms with Gasteiger partial charge in [-0.15, -0.1) is 0 Å². The zero-order valence-electron chi connectivity index (χ0n) is 16.2. The fourth-order valence-corrected chi connectivity index (χ4v) is 4.69. The van der Waals surface area contributed by atoms with Crippen molar-refractivity contribution in [3.8, 4) is 0 Å². The van der Waals surface area contributed by atoms with Gasteiger partial charge in [-0.25, -0.2) is 9.97 Å². The van der Waals surface area contributed by atoms with Gasteiger partial charge in [0.1, 0.15) is 11.6 Å². The molecule has 1 unspecified atom stereocenters. The fraction of sp³-hybridized carbons (Fsp3) is 0.750. The maximum absolute atomic E-state index is 12.0. The van der Waals surface area contributed by atoms with Crippen LogP contribution in [0.15, 0.2) is 0 Å². The second-order valence-corrected chi connectivity index (χ2v) is 8.22. The number of hydrogen-bond donors (Lipinski definition) is 0. The second kappa shape index (κ2) is 7.51. The molecule has 6 nitrogen and oxygen atoms in total. The molecule has 142 valence electrons. The third kappa shape index (κ3) is 3.70. The Balaban J connectivity index is 1.53. The van der Waals surface area contributed by atoms with Gasteiger partial charge < -0.3 is 14.7 Å². The van der Waals surface area contributed by atoms with Gasteiger partial charge in [-0.05, 0) is 45.6 Å². The number of hydrogen-bond acceptors (Lipinski definition) is 5. The summed E-state index contributed by atoms with van der Waals surface area (Å²) in [5.74, 6) is 2.96. The van der Waals surface area contributed by atoms with Crippen molar-refractivity contribution < 1.29 is 4.79 Å². The molecule has 0 aromatic carbocycles. The molecule has 0 bridgehead atoms. The van der Waals surface area contributed by atoms with E-state index in [0.29, 0.717) is 11.8 Å². The average molecular weight is 358 g/mol. The summed E-state index contributed by atoms with van der Waals surface area (Å²) in [7, 11) is 2.19. The SMILES string of the molecule is Cc1nc2c(c(N3CCCC(CN4CCCC4=O)C3)n1)CCN(C)CC2. The maximum atomic E-state index is 12.0. The van der Waals surface area contributed by atoms with Crippen LogP contribution in [0.25, 0.3) is 0 Å². The van der Waals surface area contributed by atoms with Crippen LogP contribution >= 0.6 is 0 Å². The number of amides is 1. The van der Waals surface area contributed by atoms with Crippen molar-refractivity contribution in [1.29, 1.82) is 0 Å². The minimum Gasteiger partial charge on any atom is -0.356 e. The van der Waals surface area contributed by atoms with Crippen molar-refractivity contribution in [2.45, 2.75) is 45.4 Å². The normalized spacial score (nSPS) is 24.7. The van der Waals surface area contributed by atoms with Crippen LogP contribution in [0.1, 0.15) is 42.8 Å². The Morgan fingerprint density at radius 3 is 2.69 bits per heavy atom. The number of likely N-dealkylation sites (N-methyl/N-ethyl adjacent to an activating group) is 1. The Morgan fingerprint density at radius 1 is 1.04 bits per heavy atom. The van der Waals surface area contributed by atoms with Crippen molar-refractivity contribution >= 4 is 11.7 Å². The van der Waals surface area contributed by atoms with E-state index < -0.39 is 0 Å². The quantitative estimate of drug-likeness (QED) is 0.823. The number of carbonyl (C=O) groups excluding carboxylic acids is 1. The predicted molar refractivity (Wildman–Crippen MR) is 102 cm³/mol. The largest absolute Gasteiger partial charge is 0.356 e. The van der Waals surface area contributed by atoms with Crippen molar-refractivity contribution in [3.63, 3.8) is 0 Å². The second-order valence-electron chi connectivity index (χ2n) is 8.22. The van der Waals surface area contributed by atoms with Gasteiger partial charge in [0.15, 0.2) is 0 Å². The van der Waals surface area contributed by atoms with E-state index in [0.717, 1.165) is 70.8 Å². The lowest BCUT2D eigenvalue weighted by Crippen LogP contribution is -2.42. The Bertz CT molecular complexity index is 676. The topological polar surface area (TPSA) is 52.6 Å². The van der Waals surface area contributed by atoms with Crippen LogP contribution in [0, 0.1) is 12.8 Å². The minimum absolute atomic E-state index is 0.344. The van der Waals surface area contributed by atoms with Crippen LogP contribution in [0.2, 0.25) is 0 Å². The van der Waals surface area contributed by atoms with E-state index in [2.05, 4.69) is 21.7 Å². The standard InChI is InChI=1S/C20H31N5O/c1-15-21-18-8-12-23(2)11-7-17(18)20(22-15)25-10-3-5-16(14-25)13-24-9-4-6-19(24)26/h16H,3-14H2,1-2H3. The summed E-state index contributed by atoms with van der Waals surface area (Å²) in [5.41, 5.74) is 2.60. The van der Waals surface area contributed by atoms with E-state index in [1.54, 1.807) is 0 Å².